The quantitative estimate of drug-likeness (QED) is 0.243. The Bertz CT molecular complexity index is 1380. The minimum Gasteiger partial charge on any atom is -0.478 e. The van der Waals surface area contributed by atoms with Gasteiger partial charge in [0.25, 0.3) is 0 Å². The van der Waals surface area contributed by atoms with E-state index in [9.17, 15) is 9.90 Å². The third kappa shape index (κ3) is 6.67. The van der Waals surface area contributed by atoms with Crippen molar-refractivity contribution in [2.45, 2.75) is 50.8 Å². The first-order chi connectivity index (χ1) is 18.9. The number of nitrogens with zero attached hydrogens (tertiary/aromatic N) is 3. The van der Waals surface area contributed by atoms with E-state index in [1.165, 1.54) is 17.5 Å². The largest absolute Gasteiger partial charge is 0.478 e. The van der Waals surface area contributed by atoms with Gasteiger partial charge < -0.3 is 20.0 Å². The summed E-state index contributed by atoms with van der Waals surface area (Å²) < 4.78 is 0. The van der Waals surface area contributed by atoms with E-state index in [4.69, 9.17) is 10.1 Å². The molecule has 0 saturated heterocycles. The van der Waals surface area contributed by atoms with Gasteiger partial charge in [0.1, 0.15) is 0 Å². The number of carboxylic acid groups (broad SMARTS) is 1. The molecule has 0 bridgehead atoms. The van der Waals surface area contributed by atoms with Crippen LogP contribution in [0.25, 0.3) is 11.3 Å². The molecule has 1 saturated carbocycles. The normalized spacial score (nSPS) is 17.1. The van der Waals surface area contributed by atoms with Crippen LogP contribution in [-0.2, 0) is 13.1 Å². The van der Waals surface area contributed by atoms with E-state index in [-0.39, 0.29) is 6.10 Å². The monoisotopic (exact) mass is 541 g/mol. The fraction of sp³-hybridized carbons (Fsp3) is 0.312. The molecular formula is C32H35N3O3S. The first-order valence-corrected chi connectivity index (χ1v) is 14.3. The highest BCUT2D eigenvalue weighted by atomic mass is 32.1. The van der Waals surface area contributed by atoms with Gasteiger partial charge in [0.15, 0.2) is 5.13 Å². The zero-order valence-corrected chi connectivity index (χ0v) is 23.3. The van der Waals surface area contributed by atoms with Crippen molar-refractivity contribution in [3.05, 3.63) is 100 Å². The van der Waals surface area contributed by atoms with Gasteiger partial charge in [0.05, 0.1) is 17.4 Å². The zero-order chi connectivity index (χ0) is 27.4. The van der Waals surface area contributed by atoms with E-state index < -0.39 is 5.97 Å². The summed E-state index contributed by atoms with van der Waals surface area (Å²) in [5, 5.41) is 22.1. The summed E-state index contributed by atoms with van der Waals surface area (Å²) in [6, 6.07) is 24.4. The summed E-state index contributed by atoms with van der Waals surface area (Å²) in [7, 11) is 4.11. The second-order valence-electron chi connectivity index (χ2n) is 10.5. The summed E-state index contributed by atoms with van der Waals surface area (Å²) in [6.45, 7) is 1.48. The molecule has 1 aliphatic carbocycles. The highest BCUT2D eigenvalue weighted by Crippen LogP contribution is 2.33. The van der Waals surface area contributed by atoms with Crippen LogP contribution in [0.3, 0.4) is 0 Å². The van der Waals surface area contributed by atoms with Crippen molar-refractivity contribution in [1.82, 2.24) is 4.98 Å². The zero-order valence-electron chi connectivity index (χ0n) is 22.5. The molecule has 1 aliphatic rings. The van der Waals surface area contributed by atoms with Gasteiger partial charge in [-0.2, -0.15) is 0 Å². The molecule has 2 atom stereocenters. The summed E-state index contributed by atoms with van der Waals surface area (Å²) in [5.74, 6) is -0.438. The Morgan fingerprint density at radius 2 is 1.54 bits per heavy atom. The van der Waals surface area contributed by atoms with Gasteiger partial charge in [-0.3, -0.25) is 0 Å². The molecular weight excluding hydrogens is 506 g/mol. The molecule has 4 aromatic rings. The maximum absolute atomic E-state index is 11.1. The van der Waals surface area contributed by atoms with E-state index >= 15 is 0 Å². The Morgan fingerprint density at radius 3 is 2.18 bits per heavy atom. The Kier molecular flexibility index (Phi) is 8.29. The molecule has 2 unspecified atom stereocenters. The molecule has 0 radical (unpaired) electrons. The van der Waals surface area contributed by atoms with Gasteiger partial charge in [0, 0.05) is 43.8 Å². The average Bonchev–Trinajstić information content (AvgIpc) is 3.45. The molecule has 1 heterocycles. The molecule has 1 fully saturated rings. The summed E-state index contributed by atoms with van der Waals surface area (Å²) >= 11 is 1.60. The number of benzene rings is 3. The predicted molar refractivity (Wildman–Crippen MR) is 159 cm³/mol. The van der Waals surface area contributed by atoms with Crippen LogP contribution in [0.1, 0.15) is 58.6 Å². The van der Waals surface area contributed by atoms with Crippen LogP contribution in [-0.4, -0.2) is 41.4 Å². The number of aromatic nitrogens is 1. The second-order valence-corrected chi connectivity index (χ2v) is 11.4. The van der Waals surface area contributed by atoms with Gasteiger partial charge in [0.2, 0.25) is 0 Å². The number of carboxylic acids is 1. The first-order valence-electron chi connectivity index (χ1n) is 13.4. The smallest absolute Gasteiger partial charge is 0.335 e. The van der Waals surface area contributed by atoms with Crippen molar-refractivity contribution in [1.29, 1.82) is 0 Å². The number of rotatable bonds is 9. The minimum atomic E-state index is -0.914. The molecule has 7 heteroatoms. The standard InChI is InChI=1S/C32H35N3O3S/c1-34(19-22-6-10-24(11-7-22)27-4-3-5-29(36)18-27)28-16-14-25(15-17-28)30-21-39-32(33-30)35(2)20-23-8-12-26(13-9-23)31(37)38/h6-17,21,27,29,36H,3-5,18-20H2,1-2H3,(H,37,38). The molecule has 1 aromatic heterocycles. The molecule has 0 amide bonds. The molecule has 0 spiro atoms. The van der Waals surface area contributed by atoms with Crippen molar-refractivity contribution in [3.8, 4) is 11.3 Å². The lowest BCUT2D eigenvalue weighted by Crippen LogP contribution is -2.18. The molecule has 39 heavy (non-hydrogen) atoms. The van der Waals surface area contributed by atoms with E-state index in [2.05, 4.69) is 70.8 Å². The number of thiazole rings is 1. The van der Waals surface area contributed by atoms with Crippen LogP contribution in [0, 0.1) is 0 Å². The number of aromatic carboxylic acids is 1. The van der Waals surface area contributed by atoms with Crippen molar-refractivity contribution in [2.24, 2.45) is 0 Å². The van der Waals surface area contributed by atoms with Crippen LogP contribution in [0.15, 0.2) is 78.2 Å². The molecule has 5 rings (SSSR count). The molecule has 202 valence electrons. The number of aliphatic hydroxyl groups excluding tert-OH is 1. The number of hydrogen-bond acceptors (Lipinski definition) is 6. The van der Waals surface area contributed by atoms with Gasteiger partial charge in [-0.15, -0.1) is 11.3 Å². The minimum absolute atomic E-state index is 0.153. The fourth-order valence-electron chi connectivity index (χ4n) is 5.28. The van der Waals surface area contributed by atoms with Crippen molar-refractivity contribution in [2.75, 3.05) is 23.9 Å². The van der Waals surface area contributed by atoms with Gasteiger partial charge in [-0.25, -0.2) is 9.78 Å². The van der Waals surface area contributed by atoms with Gasteiger partial charge >= 0.3 is 5.97 Å². The SMILES string of the molecule is CN(Cc1ccc(C2CCCC(O)C2)cc1)c1ccc(-c2csc(N(C)Cc3ccc(C(=O)O)cc3)n2)cc1. The average molecular weight is 542 g/mol. The van der Waals surface area contributed by atoms with Gasteiger partial charge in [-0.1, -0.05) is 55.0 Å². The number of aliphatic hydroxyl groups is 1. The maximum Gasteiger partial charge on any atom is 0.335 e. The van der Waals surface area contributed by atoms with Crippen LogP contribution in [0.5, 0.6) is 0 Å². The van der Waals surface area contributed by atoms with Crippen LogP contribution in [0.4, 0.5) is 10.8 Å². The highest BCUT2D eigenvalue weighted by Gasteiger charge is 2.21. The second kappa shape index (κ2) is 12.0. The number of anilines is 2. The van der Waals surface area contributed by atoms with E-state index in [1.807, 2.05) is 19.2 Å². The van der Waals surface area contributed by atoms with Crippen molar-refractivity contribution in [3.63, 3.8) is 0 Å². The lowest BCUT2D eigenvalue weighted by Gasteiger charge is -2.26. The van der Waals surface area contributed by atoms with E-state index in [1.54, 1.807) is 23.5 Å². The Hall–Kier alpha value is -3.68. The van der Waals surface area contributed by atoms with Crippen LogP contribution in [0.2, 0.25) is 0 Å². The van der Waals surface area contributed by atoms with Crippen molar-refractivity contribution >= 4 is 28.1 Å². The highest BCUT2D eigenvalue weighted by molar-refractivity contribution is 7.14. The number of hydrogen-bond donors (Lipinski definition) is 2. The van der Waals surface area contributed by atoms with Crippen molar-refractivity contribution < 1.29 is 15.0 Å². The third-order valence-corrected chi connectivity index (χ3v) is 8.52. The molecule has 2 N–H and O–H groups in total. The third-order valence-electron chi connectivity index (χ3n) is 7.56. The van der Waals surface area contributed by atoms with Gasteiger partial charge in [-0.05, 0) is 66.1 Å². The first kappa shape index (κ1) is 26.9. The summed E-state index contributed by atoms with van der Waals surface area (Å²) in [5.41, 5.74) is 7.11. The Morgan fingerprint density at radius 1 is 0.897 bits per heavy atom. The molecule has 6 nitrogen and oxygen atoms in total. The molecule has 3 aromatic carbocycles. The van der Waals surface area contributed by atoms with Crippen LogP contribution < -0.4 is 9.80 Å². The number of carbonyl (C=O) groups is 1. The molecule has 0 aliphatic heterocycles. The Labute approximate surface area is 234 Å². The summed E-state index contributed by atoms with van der Waals surface area (Å²) in [6.07, 6.45) is 3.94. The summed E-state index contributed by atoms with van der Waals surface area (Å²) in [4.78, 5) is 20.2. The topological polar surface area (TPSA) is 76.9 Å². The lowest BCUT2D eigenvalue weighted by atomic mass is 9.82. The van der Waals surface area contributed by atoms with E-state index in [0.29, 0.717) is 18.0 Å². The predicted octanol–water partition coefficient (Wildman–Crippen LogP) is 6.80. The van der Waals surface area contributed by atoms with Crippen LogP contribution >= 0.6 is 11.3 Å². The van der Waals surface area contributed by atoms with E-state index in [0.717, 1.165) is 53.4 Å². The Balaban J connectivity index is 1.18. The maximum atomic E-state index is 11.1. The fourth-order valence-corrected chi connectivity index (χ4v) is 6.08. The lowest BCUT2D eigenvalue weighted by molar-refractivity contribution is 0.0697.